The summed E-state index contributed by atoms with van der Waals surface area (Å²) in [6.45, 7) is 1.29. The van der Waals surface area contributed by atoms with Crippen LogP contribution >= 0.6 is 0 Å². The fourth-order valence-electron chi connectivity index (χ4n) is 4.04. The molecule has 0 aromatic heterocycles. The van der Waals surface area contributed by atoms with Crippen molar-refractivity contribution in [2.24, 2.45) is 0 Å². The lowest BCUT2D eigenvalue weighted by Crippen LogP contribution is -2.59. The molecule has 1 saturated heterocycles. The Morgan fingerprint density at radius 1 is 0.900 bits per heavy atom. The zero-order chi connectivity index (χ0) is 29.6. The number of allylic oxidation sites excluding steroid dienone is 4. The van der Waals surface area contributed by atoms with E-state index in [1.165, 1.54) is 26.4 Å². The van der Waals surface area contributed by atoms with Gasteiger partial charge in [0.05, 0.1) is 33.0 Å². The summed E-state index contributed by atoms with van der Waals surface area (Å²) < 4.78 is 21.6. The Kier molecular flexibility index (Phi) is 20.9. The van der Waals surface area contributed by atoms with Gasteiger partial charge in [0.15, 0.2) is 6.29 Å². The molecule has 0 radical (unpaired) electrons. The smallest absolute Gasteiger partial charge is 0.305 e. The Morgan fingerprint density at radius 2 is 1.57 bits per heavy atom. The van der Waals surface area contributed by atoms with Crippen LogP contribution in [-0.4, -0.2) is 101 Å². The van der Waals surface area contributed by atoms with E-state index in [2.05, 4.69) is 29.9 Å². The van der Waals surface area contributed by atoms with Gasteiger partial charge >= 0.3 is 5.97 Å². The van der Waals surface area contributed by atoms with Crippen molar-refractivity contribution in [1.29, 1.82) is 0 Å². The molecule has 7 atom stereocenters. The predicted octanol–water partition coefficient (Wildman–Crippen LogP) is 2.70. The Bertz CT molecular complexity index is 725. The maximum absolute atomic E-state index is 11.3. The van der Waals surface area contributed by atoms with Crippen molar-refractivity contribution in [3.63, 3.8) is 0 Å². The molecule has 0 unspecified atom stereocenters. The van der Waals surface area contributed by atoms with Crippen LogP contribution in [0.25, 0.3) is 0 Å². The van der Waals surface area contributed by atoms with E-state index in [9.17, 15) is 25.2 Å². The highest BCUT2D eigenvalue weighted by Crippen LogP contribution is 2.23. The molecule has 0 aliphatic carbocycles. The molecule has 0 saturated carbocycles. The van der Waals surface area contributed by atoms with Crippen LogP contribution in [-0.2, 0) is 23.7 Å². The summed E-state index contributed by atoms with van der Waals surface area (Å²) in [6.07, 6.45) is 14.3. The minimum absolute atomic E-state index is 0.0704. The van der Waals surface area contributed by atoms with E-state index in [0.717, 1.165) is 32.1 Å². The number of esters is 1. The Morgan fingerprint density at radius 3 is 2.27 bits per heavy atom. The molecule has 1 rings (SSSR count). The second-order valence-electron chi connectivity index (χ2n) is 10.1. The first-order valence-corrected chi connectivity index (χ1v) is 14.6. The normalized spacial score (nSPS) is 25.2. The van der Waals surface area contributed by atoms with Crippen molar-refractivity contribution in [2.45, 2.75) is 120 Å². The molecule has 0 aromatic carbocycles. The van der Waals surface area contributed by atoms with Crippen molar-refractivity contribution in [3.8, 4) is 0 Å². The summed E-state index contributed by atoms with van der Waals surface area (Å²) in [6, 6.07) is 0. The van der Waals surface area contributed by atoms with Gasteiger partial charge in [-0.05, 0) is 51.4 Å². The monoisotopic (exact) mass is 572 g/mol. The van der Waals surface area contributed by atoms with Gasteiger partial charge in [0.1, 0.15) is 30.5 Å². The van der Waals surface area contributed by atoms with E-state index in [1.807, 2.05) is 18.2 Å². The predicted molar refractivity (Wildman–Crippen MR) is 151 cm³/mol. The Balaban J connectivity index is 2.64. The van der Waals surface area contributed by atoms with E-state index in [1.54, 1.807) is 0 Å². The average molecular weight is 573 g/mol. The molecule has 0 aromatic rings. The van der Waals surface area contributed by atoms with Crippen molar-refractivity contribution < 1.29 is 49.3 Å². The first-order chi connectivity index (χ1) is 19.3. The Hall–Kier alpha value is -1.63. The molecule has 10 nitrogen and oxygen atoms in total. The average Bonchev–Trinajstić information content (AvgIpc) is 2.96. The number of aliphatic hydroxyl groups is 5. The number of methoxy groups -OCH3 is 1. The third-order valence-electron chi connectivity index (χ3n) is 6.55. The molecule has 5 N–H and O–H groups in total. The van der Waals surface area contributed by atoms with Gasteiger partial charge in [-0.15, -0.1) is 0 Å². The second-order valence-corrected chi connectivity index (χ2v) is 10.1. The van der Waals surface area contributed by atoms with Crippen molar-refractivity contribution in [1.82, 2.24) is 0 Å². The van der Waals surface area contributed by atoms with Crippen LogP contribution in [0.1, 0.15) is 77.6 Å². The number of hydrogen-bond acceptors (Lipinski definition) is 10. The lowest BCUT2D eigenvalue weighted by molar-refractivity contribution is -0.307. The summed E-state index contributed by atoms with van der Waals surface area (Å²) in [7, 11) is 1.37. The SMILES string of the molecule is CCCCC/C=C/CCC/C=C/[C@H](C/C=C/CCCC(=O)OC)OC[C@H]1O[C@@H](OC[C@H](O)CO)[C@H](O)[C@@H](O)[C@H]1O. The van der Waals surface area contributed by atoms with E-state index in [4.69, 9.17) is 19.3 Å². The largest absolute Gasteiger partial charge is 0.469 e. The van der Waals surface area contributed by atoms with Gasteiger partial charge < -0.3 is 44.5 Å². The number of rotatable bonds is 22. The number of hydrogen-bond donors (Lipinski definition) is 5. The van der Waals surface area contributed by atoms with Crippen LogP contribution in [0.3, 0.4) is 0 Å². The number of ether oxygens (including phenoxy) is 4. The van der Waals surface area contributed by atoms with Crippen LogP contribution < -0.4 is 0 Å². The highest BCUT2D eigenvalue weighted by atomic mass is 16.7. The molecule has 0 spiro atoms. The van der Waals surface area contributed by atoms with Crippen LogP contribution in [0.15, 0.2) is 36.5 Å². The standard InChI is InChI=1S/C30H52O10/c1-3-4-5-6-7-8-9-10-11-14-17-24(18-15-12-13-16-19-26(33)37-2)38-22-25-27(34)28(35)29(36)30(40-25)39-21-23(32)20-31/h7-8,12,14-15,17,23-25,27-32,34-36H,3-6,9-11,13,16,18-22H2,1-2H3/b8-7+,15-12+,17-14+/t23-,24-,25-,27+,28+,29-,30-/m1/s1. The zero-order valence-electron chi connectivity index (χ0n) is 24.2. The number of aliphatic hydroxyl groups excluding tert-OH is 5. The second kappa shape index (κ2) is 23.0. The minimum atomic E-state index is -1.53. The quantitative estimate of drug-likeness (QED) is 0.0743. The number of unbranched alkanes of at least 4 members (excludes halogenated alkanes) is 6. The molecule has 1 heterocycles. The van der Waals surface area contributed by atoms with E-state index in [-0.39, 0.29) is 25.3 Å². The van der Waals surface area contributed by atoms with E-state index in [0.29, 0.717) is 19.3 Å². The van der Waals surface area contributed by atoms with Gasteiger partial charge in [-0.1, -0.05) is 56.2 Å². The fraction of sp³-hybridized carbons (Fsp3) is 0.767. The summed E-state index contributed by atoms with van der Waals surface area (Å²) in [5, 5.41) is 49.4. The highest BCUT2D eigenvalue weighted by Gasteiger charge is 2.44. The molecule has 10 heteroatoms. The molecule has 1 aliphatic heterocycles. The molecular weight excluding hydrogens is 520 g/mol. The van der Waals surface area contributed by atoms with Crippen LogP contribution in [0, 0.1) is 0 Å². The first kappa shape index (κ1) is 36.4. The van der Waals surface area contributed by atoms with Gasteiger partial charge in [0, 0.05) is 6.42 Å². The zero-order valence-corrected chi connectivity index (χ0v) is 24.2. The maximum atomic E-state index is 11.3. The van der Waals surface area contributed by atoms with Crippen molar-refractivity contribution in [2.75, 3.05) is 26.9 Å². The fourth-order valence-corrected chi connectivity index (χ4v) is 4.04. The van der Waals surface area contributed by atoms with Gasteiger partial charge in [-0.25, -0.2) is 0 Å². The van der Waals surface area contributed by atoms with Gasteiger partial charge in [0.2, 0.25) is 0 Å². The molecule has 1 aliphatic rings. The molecule has 0 amide bonds. The molecular formula is C30H52O10. The van der Waals surface area contributed by atoms with Crippen molar-refractivity contribution >= 4 is 5.97 Å². The summed E-state index contributed by atoms with van der Waals surface area (Å²) in [5.41, 5.74) is 0. The van der Waals surface area contributed by atoms with Crippen molar-refractivity contribution in [3.05, 3.63) is 36.5 Å². The molecule has 232 valence electrons. The third-order valence-corrected chi connectivity index (χ3v) is 6.55. The third kappa shape index (κ3) is 16.0. The topological polar surface area (TPSA) is 155 Å². The molecule has 1 fully saturated rings. The maximum Gasteiger partial charge on any atom is 0.305 e. The highest BCUT2D eigenvalue weighted by molar-refractivity contribution is 5.69. The van der Waals surface area contributed by atoms with E-state index < -0.39 is 43.4 Å². The lowest BCUT2D eigenvalue weighted by Gasteiger charge is -2.40. The molecule has 40 heavy (non-hydrogen) atoms. The summed E-state index contributed by atoms with van der Waals surface area (Å²) >= 11 is 0. The Labute approximate surface area is 239 Å². The van der Waals surface area contributed by atoms with Crippen LogP contribution in [0.2, 0.25) is 0 Å². The summed E-state index contributed by atoms with van der Waals surface area (Å²) in [4.78, 5) is 11.3. The summed E-state index contributed by atoms with van der Waals surface area (Å²) in [5.74, 6) is -0.236. The van der Waals surface area contributed by atoms with Gasteiger partial charge in [-0.3, -0.25) is 4.79 Å². The lowest BCUT2D eigenvalue weighted by atomic mass is 9.99. The molecule has 0 bridgehead atoms. The number of carbonyl (C=O) groups is 1. The van der Waals surface area contributed by atoms with Crippen LogP contribution in [0.5, 0.6) is 0 Å². The van der Waals surface area contributed by atoms with E-state index >= 15 is 0 Å². The van der Waals surface area contributed by atoms with Crippen LogP contribution in [0.4, 0.5) is 0 Å². The van der Waals surface area contributed by atoms with Gasteiger partial charge in [-0.2, -0.15) is 0 Å². The first-order valence-electron chi connectivity index (χ1n) is 14.6. The van der Waals surface area contributed by atoms with Gasteiger partial charge in [0.25, 0.3) is 0 Å². The minimum Gasteiger partial charge on any atom is -0.469 e. The number of carbonyl (C=O) groups excluding carboxylic acids is 1.